The number of halogens is 1. The van der Waals surface area contributed by atoms with Gasteiger partial charge in [0.15, 0.2) is 5.78 Å². The van der Waals surface area contributed by atoms with Crippen LogP contribution in [-0.4, -0.2) is 23.9 Å². The fourth-order valence-corrected chi connectivity index (χ4v) is 4.74. The van der Waals surface area contributed by atoms with E-state index in [1.54, 1.807) is 18.0 Å². The lowest BCUT2D eigenvalue weighted by Crippen LogP contribution is -2.16. The molecule has 5 heteroatoms. The Kier molecular flexibility index (Phi) is 7.19. The second-order valence-corrected chi connectivity index (χ2v) is 9.97. The number of ketones is 1. The minimum atomic E-state index is 0.169. The lowest BCUT2D eigenvalue weighted by atomic mass is 9.89. The van der Waals surface area contributed by atoms with Crippen molar-refractivity contribution in [2.24, 2.45) is 5.41 Å². The van der Waals surface area contributed by atoms with E-state index in [2.05, 4.69) is 37.1 Å². The predicted octanol–water partition coefficient (Wildman–Crippen LogP) is 5.72. The molecular weight excluding hydrogens is 388 g/mol. The molecule has 28 heavy (non-hydrogen) atoms. The highest BCUT2D eigenvalue weighted by molar-refractivity contribution is 7.98. The summed E-state index contributed by atoms with van der Waals surface area (Å²) < 4.78 is 0. The molecule has 3 nitrogen and oxygen atoms in total. The van der Waals surface area contributed by atoms with Crippen molar-refractivity contribution in [3.8, 4) is 0 Å². The van der Waals surface area contributed by atoms with Crippen molar-refractivity contribution < 1.29 is 4.79 Å². The molecule has 1 aromatic carbocycles. The second kappa shape index (κ2) is 9.43. The van der Waals surface area contributed by atoms with Gasteiger partial charge in [-0.15, -0.1) is 11.8 Å². The van der Waals surface area contributed by atoms with E-state index in [0.29, 0.717) is 12.0 Å². The van der Waals surface area contributed by atoms with Crippen LogP contribution in [0.2, 0.25) is 5.02 Å². The van der Waals surface area contributed by atoms with Crippen LogP contribution >= 0.6 is 23.4 Å². The van der Waals surface area contributed by atoms with Crippen molar-refractivity contribution in [3.63, 3.8) is 0 Å². The molecular formula is C23H29ClN2OS. The molecule has 1 aliphatic rings. The minimum Gasteiger partial charge on any atom is -0.316 e. The first-order valence-corrected chi connectivity index (χ1v) is 11.3. The number of aromatic nitrogens is 1. The summed E-state index contributed by atoms with van der Waals surface area (Å²) in [6.07, 6.45) is 5.23. The number of hydrogen-bond acceptors (Lipinski definition) is 4. The second-order valence-electron chi connectivity index (χ2n) is 8.57. The van der Waals surface area contributed by atoms with E-state index in [0.717, 1.165) is 48.8 Å². The first-order valence-electron chi connectivity index (χ1n) is 9.95. The van der Waals surface area contributed by atoms with Gasteiger partial charge < -0.3 is 5.32 Å². The number of nitrogens with zero attached hydrogens (tertiary/aromatic N) is 1. The Morgan fingerprint density at radius 2 is 1.96 bits per heavy atom. The molecule has 0 amide bonds. The van der Waals surface area contributed by atoms with E-state index in [1.165, 1.54) is 16.0 Å². The lowest BCUT2D eigenvalue weighted by Gasteiger charge is -2.17. The molecule has 0 radical (unpaired) electrons. The van der Waals surface area contributed by atoms with E-state index in [4.69, 9.17) is 11.6 Å². The molecule has 1 N–H and O–H groups in total. The average Bonchev–Trinajstić information content (AvgIpc) is 2.91. The van der Waals surface area contributed by atoms with Crippen molar-refractivity contribution in [2.75, 3.05) is 13.1 Å². The van der Waals surface area contributed by atoms with E-state index >= 15 is 0 Å². The summed E-state index contributed by atoms with van der Waals surface area (Å²) in [6.45, 7) is 8.48. The number of nitrogens with one attached hydrogen (secondary N) is 1. The van der Waals surface area contributed by atoms with Crippen LogP contribution < -0.4 is 5.32 Å². The van der Waals surface area contributed by atoms with Crippen molar-refractivity contribution >= 4 is 29.1 Å². The van der Waals surface area contributed by atoms with Gasteiger partial charge in [0.05, 0.1) is 10.7 Å². The fraction of sp³-hybridized carbons (Fsp3) is 0.478. The maximum atomic E-state index is 12.4. The molecule has 2 aromatic rings. The van der Waals surface area contributed by atoms with Gasteiger partial charge in [-0.2, -0.15) is 0 Å². The highest BCUT2D eigenvalue weighted by Crippen LogP contribution is 2.35. The van der Waals surface area contributed by atoms with Crippen LogP contribution in [0.25, 0.3) is 0 Å². The Morgan fingerprint density at radius 3 is 2.68 bits per heavy atom. The Morgan fingerprint density at radius 1 is 1.18 bits per heavy atom. The van der Waals surface area contributed by atoms with Gasteiger partial charge >= 0.3 is 0 Å². The van der Waals surface area contributed by atoms with Crippen LogP contribution in [0.4, 0.5) is 0 Å². The lowest BCUT2D eigenvalue weighted by molar-refractivity contribution is 0.0965. The molecule has 0 spiro atoms. The van der Waals surface area contributed by atoms with Gasteiger partial charge in [-0.05, 0) is 67.1 Å². The highest BCUT2D eigenvalue weighted by atomic mass is 35.5. The summed E-state index contributed by atoms with van der Waals surface area (Å²) in [5.41, 5.74) is 4.61. The Bertz CT molecular complexity index is 828. The average molecular weight is 417 g/mol. The summed E-state index contributed by atoms with van der Waals surface area (Å²) in [7, 11) is 0. The largest absolute Gasteiger partial charge is 0.316 e. The highest BCUT2D eigenvalue weighted by Gasteiger charge is 2.16. The van der Waals surface area contributed by atoms with Crippen LogP contribution in [0.1, 0.15) is 60.8 Å². The SMILES string of the molecule is CC(C)(C)CCC(=O)c1ccc(CSc2c(Cl)ccc3c2CCNCC3)nc1. The molecule has 3 rings (SSSR count). The van der Waals surface area contributed by atoms with Crippen molar-refractivity contribution in [2.45, 2.75) is 57.1 Å². The Hall–Kier alpha value is -1.36. The van der Waals surface area contributed by atoms with Crippen molar-refractivity contribution in [3.05, 3.63) is 57.9 Å². The molecule has 0 atom stereocenters. The predicted molar refractivity (Wildman–Crippen MR) is 119 cm³/mol. The van der Waals surface area contributed by atoms with Crippen LogP contribution in [0, 0.1) is 5.41 Å². The molecule has 0 bridgehead atoms. The van der Waals surface area contributed by atoms with Gasteiger partial charge in [0, 0.05) is 28.8 Å². The third-order valence-electron chi connectivity index (χ3n) is 5.05. The number of thioether (sulfide) groups is 1. The van der Waals surface area contributed by atoms with Crippen molar-refractivity contribution in [1.29, 1.82) is 0 Å². The number of rotatable bonds is 6. The van der Waals surface area contributed by atoms with E-state index < -0.39 is 0 Å². The number of fused-ring (bicyclic) bond motifs is 1. The standard InChI is InChI=1S/C23H29ClN2OS/c1-23(2,3)11-8-21(27)17-4-6-18(26-14-17)15-28-22-19-10-13-25-12-9-16(19)5-7-20(22)24/h4-7,14,25H,8-13,15H2,1-3H3. The molecule has 1 aliphatic heterocycles. The first kappa shape index (κ1) is 21.4. The molecule has 0 saturated heterocycles. The van der Waals surface area contributed by atoms with Crippen LogP contribution in [-0.2, 0) is 18.6 Å². The van der Waals surface area contributed by atoms with E-state index in [9.17, 15) is 4.79 Å². The summed E-state index contributed by atoms with van der Waals surface area (Å²) in [5.74, 6) is 0.922. The molecule has 2 heterocycles. The normalized spacial score (nSPS) is 14.4. The zero-order valence-electron chi connectivity index (χ0n) is 17.0. The maximum absolute atomic E-state index is 12.4. The number of carbonyl (C=O) groups excluding carboxylic acids is 1. The number of hydrogen-bond donors (Lipinski definition) is 1. The number of Topliss-reactive ketones (excluding diaryl/α,β-unsaturated/α-hetero) is 1. The zero-order chi connectivity index (χ0) is 20.1. The van der Waals surface area contributed by atoms with Gasteiger partial charge in [-0.3, -0.25) is 9.78 Å². The molecule has 0 aliphatic carbocycles. The fourth-order valence-electron chi connectivity index (χ4n) is 3.32. The van der Waals surface area contributed by atoms with E-state index in [1.807, 2.05) is 18.2 Å². The van der Waals surface area contributed by atoms with Crippen molar-refractivity contribution in [1.82, 2.24) is 10.3 Å². The summed E-state index contributed by atoms with van der Waals surface area (Å²) >= 11 is 8.26. The van der Waals surface area contributed by atoms with Gasteiger partial charge in [0.2, 0.25) is 0 Å². The van der Waals surface area contributed by atoms with E-state index in [-0.39, 0.29) is 11.2 Å². The van der Waals surface area contributed by atoms with Gasteiger partial charge in [-0.25, -0.2) is 0 Å². The maximum Gasteiger partial charge on any atom is 0.164 e. The Balaban J connectivity index is 1.65. The summed E-state index contributed by atoms with van der Waals surface area (Å²) in [6, 6.07) is 8.04. The molecule has 150 valence electrons. The topological polar surface area (TPSA) is 42.0 Å². The summed E-state index contributed by atoms with van der Waals surface area (Å²) in [4.78, 5) is 18.0. The van der Waals surface area contributed by atoms with Crippen LogP contribution in [0.3, 0.4) is 0 Å². The van der Waals surface area contributed by atoms with Gasteiger partial charge in [0.1, 0.15) is 0 Å². The quantitative estimate of drug-likeness (QED) is 0.482. The zero-order valence-corrected chi connectivity index (χ0v) is 18.6. The minimum absolute atomic E-state index is 0.169. The molecule has 0 unspecified atom stereocenters. The molecule has 1 aromatic heterocycles. The number of carbonyl (C=O) groups is 1. The smallest absolute Gasteiger partial charge is 0.164 e. The number of pyridine rings is 1. The molecule has 0 saturated carbocycles. The van der Waals surface area contributed by atoms with Crippen LogP contribution in [0.5, 0.6) is 0 Å². The van der Waals surface area contributed by atoms with Crippen LogP contribution in [0.15, 0.2) is 35.4 Å². The third kappa shape index (κ3) is 5.82. The summed E-state index contributed by atoms with van der Waals surface area (Å²) in [5, 5.41) is 4.27. The monoisotopic (exact) mass is 416 g/mol. The first-order chi connectivity index (χ1) is 13.3. The number of benzene rings is 1. The van der Waals surface area contributed by atoms with Gasteiger partial charge in [0.25, 0.3) is 0 Å². The Labute approximate surface area is 177 Å². The molecule has 0 fully saturated rings. The van der Waals surface area contributed by atoms with Gasteiger partial charge in [-0.1, -0.05) is 38.4 Å². The third-order valence-corrected chi connectivity index (χ3v) is 6.67.